The van der Waals surface area contributed by atoms with Gasteiger partial charge in [0.15, 0.2) is 0 Å². The summed E-state index contributed by atoms with van der Waals surface area (Å²) in [6.45, 7) is 13.5. The number of benzene rings is 2. The van der Waals surface area contributed by atoms with Crippen LogP contribution >= 0.6 is 0 Å². The molecule has 0 heterocycles. The Bertz CT molecular complexity index is 973. The van der Waals surface area contributed by atoms with Gasteiger partial charge in [0.2, 0.25) is 0 Å². The van der Waals surface area contributed by atoms with Gasteiger partial charge in [0.05, 0.1) is 0 Å². The van der Waals surface area contributed by atoms with E-state index in [1.165, 1.54) is 28.7 Å². The van der Waals surface area contributed by atoms with Gasteiger partial charge in [-0.25, -0.2) is 0 Å². The summed E-state index contributed by atoms with van der Waals surface area (Å²) in [4.78, 5) is 0. The number of fused-ring (bicyclic) bond motifs is 3. The van der Waals surface area contributed by atoms with Crippen molar-refractivity contribution in [3.05, 3.63) is 102 Å². The van der Waals surface area contributed by atoms with Crippen LogP contribution in [0.2, 0.25) is 0 Å². The van der Waals surface area contributed by atoms with Gasteiger partial charge in [-0.15, -0.1) is 0 Å². The summed E-state index contributed by atoms with van der Waals surface area (Å²) in [6.07, 6.45) is 9.06. The van der Waals surface area contributed by atoms with E-state index in [-0.39, 0.29) is 0 Å². The maximum atomic E-state index is 3.66. The molecular formula is C27H29Zr. The molecule has 141 valence electrons. The fourth-order valence-corrected chi connectivity index (χ4v) is 6.99. The fourth-order valence-electron chi connectivity index (χ4n) is 3.60. The van der Waals surface area contributed by atoms with Crippen LogP contribution in [0.5, 0.6) is 0 Å². The van der Waals surface area contributed by atoms with Crippen molar-refractivity contribution in [3.63, 3.8) is 0 Å². The Morgan fingerprint density at radius 2 is 1.68 bits per heavy atom. The van der Waals surface area contributed by atoms with Crippen LogP contribution < -0.4 is 0 Å². The molecule has 2 aliphatic rings. The van der Waals surface area contributed by atoms with Crippen molar-refractivity contribution in [3.8, 4) is 11.1 Å². The minimum atomic E-state index is -0.561. The number of hydrogen-bond acceptors (Lipinski definition) is 0. The predicted molar refractivity (Wildman–Crippen MR) is 121 cm³/mol. The van der Waals surface area contributed by atoms with Crippen molar-refractivity contribution < 1.29 is 22.8 Å². The van der Waals surface area contributed by atoms with Gasteiger partial charge in [-0.05, 0) is 13.8 Å². The quantitative estimate of drug-likeness (QED) is 0.427. The summed E-state index contributed by atoms with van der Waals surface area (Å²) >= 11 is -0.561. The molecule has 1 unspecified atom stereocenters. The topological polar surface area (TPSA) is 0 Å². The van der Waals surface area contributed by atoms with E-state index < -0.39 is 22.8 Å². The van der Waals surface area contributed by atoms with Crippen LogP contribution in [0.1, 0.15) is 53.9 Å². The zero-order valence-electron chi connectivity index (χ0n) is 17.3. The number of hydrogen-bond donors (Lipinski definition) is 0. The van der Waals surface area contributed by atoms with Crippen LogP contribution in [0.25, 0.3) is 16.7 Å². The first-order chi connectivity index (χ1) is 13.5. The summed E-state index contributed by atoms with van der Waals surface area (Å²) in [6, 6.07) is 16.0. The molecule has 28 heavy (non-hydrogen) atoms. The van der Waals surface area contributed by atoms with Crippen LogP contribution in [-0.2, 0) is 22.8 Å². The number of allylic oxidation sites excluding steroid dienone is 6. The Kier molecular flexibility index (Phi) is 7.14. The summed E-state index contributed by atoms with van der Waals surface area (Å²) < 4.78 is 3.28. The zero-order valence-corrected chi connectivity index (χ0v) is 19.7. The molecule has 2 aromatic carbocycles. The van der Waals surface area contributed by atoms with Crippen molar-refractivity contribution in [2.75, 3.05) is 0 Å². The van der Waals surface area contributed by atoms with Gasteiger partial charge in [0.25, 0.3) is 0 Å². The first-order valence-electron chi connectivity index (χ1n) is 10.0. The number of rotatable bonds is 4. The summed E-state index contributed by atoms with van der Waals surface area (Å²) in [5.74, 6) is 0. The van der Waals surface area contributed by atoms with E-state index in [0.29, 0.717) is 3.63 Å². The van der Waals surface area contributed by atoms with Gasteiger partial charge in [0, 0.05) is 0 Å². The van der Waals surface area contributed by atoms with Gasteiger partial charge in [0.1, 0.15) is 0 Å². The van der Waals surface area contributed by atoms with Crippen molar-refractivity contribution >= 4 is 9.28 Å². The molecule has 1 atom stereocenters. The van der Waals surface area contributed by atoms with Crippen molar-refractivity contribution in [2.24, 2.45) is 0 Å². The summed E-state index contributed by atoms with van der Waals surface area (Å²) in [5.41, 5.74) is 11.3. The third-order valence-electron chi connectivity index (χ3n) is 5.29. The first-order valence-corrected chi connectivity index (χ1v) is 12.9. The molecule has 0 fully saturated rings. The molecule has 0 nitrogen and oxygen atoms in total. The second-order valence-corrected chi connectivity index (χ2v) is 10.7. The fraction of sp³-hybridized carbons (Fsp3) is 0.222. The molecule has 0 bridgehead atoms. The average molecular weight is 445 g/mol. The predicted octanol–water partition coefficient (Wildman–Crippen LogP) is 7.53. The molecular weight excluding hydrogens is 416 g/mol. The SMILES string of the molecule is C=C(C)C(=C)C.CC[CH]=[Zr][CH]1c2ccccc2-c2cccc(C3=CC=CC3)c21. The molecule has 0 saturated heterocycles. The third-order valence-corrected chi connectivity index (χ3v) is 9.17. The Balaban J connectivity index is 0.000000330. The molecule has 0 N–H and O–H groups in total. The second kappa shape index (κ2) is 9.57. The third kappa shape index (κ3) is 4.42. The van der Waals surface area contributed by atoms with E-state index in [0.717, 1.165) is 17.6 Å². The molecule has 0 spiro atoms. The van der Waals surface area contributed by atoms with Crippen molar-refractivity contribution in [1.29, 1.82) is 0 Å². The second-order valence-electron chi connectivity index (χ2n) is 7.45. The molecule has 2 aromatic rings. The zero-order chi connectivity index (χ0) is 20.1. The minimum absolute atomic E-state index is 0.561. The molecule has 1 heteroatoms. The van der Waals surface area contributed by atoms with Crippen LogP contribution in [0.4, 0.5) is 0 Å². The molecule has 0 aromatic heterocycles. The Morgan fingerprint density at radius 3 is 2.32 bits per heavy atom. The van der Waals surface area contributed by atoms with Gasteiger partial charge in [-0.3, -0.25) is 0 Å². The van der Waals surface area contributed by atoms with E-state index in [2.05, 4.69) is 84.5 Å². The Morgan fingerprint density at radius 1 is 1.00 bits per heavy atom. The normalized spacial score (nSPS) is 16.0. The van der Waals surface area contributed by atoms with Crippen molar-refractivity contribution in [2.45, 2.75) is 37.2 Å². The van der Waals surface area contributed by atoms with Gasteiger partial charge in [-0.1, -0.05) is 24.3 Å². The maximum absolute atomic E-state index is 3.66. The summed E-state index contributed by atoms with van der Waals surface area (Å²) in [7, 11) is 0. The van der Waals surface area contributed by atoms with Gasteiger partial charge >= 0.3 is 144 Å². The van der Waals surface area contributed by atoms with Crippen LogP contribution in [-0.4, -0.2) is 3.71 Å². The molecule has 0 amide bonds. The van der Waals surface area contributed by atoms with E-state index in [1.807, 2.05) is 13.8 Å². The molecule has 0 radical (unpaired) electrons. The molecule has 0 saturated carbocycles. The average Bonchev–Trinajstić information content (AvgIpc) is 3.33. The first kappa shape index (κ1) is 20.9. The van der Waals surface area contributed by atoms with Gasteiger partial charge < -0.3 is 0 Å². The van der Waals surface area contributed by atoms with E-state index in [9.17, 15) is 0 Å². The standard InChI is InChI=1S/C18H13.C6H10.C3H6.Zr/c1-2-7-13(6-1)15-10-5-11-17-16-9-4-3-8-14(16)12-18(15)17;1-5(2)6(3)4;1-3-2;/h1-6,8-12H,7H2;1,3H2,2,4H3;1H,3H2,2H3;. The van der Waals surface area contributed by atoms with E-state index >= 15 is 0 Å². The van der Waals surface area contributed by atoms with Crippen molar-refractivity contribution in [1.82, 2.24) is 0 Å². The Hall–Kier alpha value is -1.85. The van der Waals surface area contributed by atoms with Gasteiger partial charge in [-0.2, -0.15) is 0 Å². The van der Waals surface area contributed by atoms with Crippen LogP contribution in [0.3, 0.4) is 0 Å². The monoisotopic (exact) mass is 443 g/mol. The molecule has 4 rings (SSSR count). The van der Waals surface area contributed by atoms with E-state index in [4.69, 9.17) is 0 Å². The molecule has 2 aliphatic carbocycles. The van der Waals surface area contributed by atoms with E-state index in [1.54, 1.807) is 11.1 Å². The molecule has 0 aliphatic heterocycles. The van der Waals surface area contributed by atoms with Crippen LogP contribution in [0, 0.1) is 0 Å². The van der Waals surface area contributed by atoms with Crippen LogP contribution in [0.15, 0.2) is 85.0 Å². The summed E-state index contributed by atoms with van der Waals surface area (Å²) in [5, 5.41) is 0. The Labute approximate surface area is 181 Å².